The number of rotatable bonds is 8. The van der Waals surface area contributed by atoms with Gasteiger partial charge in [-0.25, -0.2) is 4.39 Å². The Labute approximate surface area is 218 Å². The van der Waals surface area contributed by atoms with E-state index in [4.69, 9.17) is 14.2 Å². The number of hydrogen-bond acceptors (Lipinski definition) is 6. The van der Waals surface area contributed by atoms with E-state index in [1.54, 1.807) is 37.3 Å². The molecule has 37 heavy (non-hydrogen) atoms. The van der Waals surface area contributed by atoms with Gasteiger partial charge in [0.25, 0.3) is 5.88 Å². The Bertz CT molecular complexity index is 1430. The van der Waals surface area contributed by atoms with Gasteiger partial charge in [-0.05, 0) is 78.1 Å². The molecule has 1 aliphatic rings. The summed E-state index contributed by atoms with van der Waals surface area (Å²) in [6.45, 7) is 7.81. The van der Waals surface area contributed by atoms with E-state index in [1.165, 1.54) is 6.07 Å². The standard InChI is InChI=1S/C29H28FNO5S/c1-18-11-24(36-17-29(3)15-34-16-29)28(30)19(2)27(18)22-6-4-5-20(12-22)14-35-23-9-7-21(8-10-23)25-13-26(32)31-37(25)33/h4-13H,14-17H2,1-3H3,(H,31,32). The third-order valence-corrected chi connectivity index (χ3v) is 7.61. The summed E-state index contributed by atoms with van der Waals surface area (Å²) < 4.78 is 47.9. The minimum atomic E-state index is -1.59. The van der Waals surface area contributed by atoms with Crippen LogP contribution in [0.1, 0.15) is 23.6 Å². The molecule has 3 aromatic carbocycles. The molecule has 0 radical (unpaired) electrons. The third kappa shape index (κ3) is 5.32. The van der Waals surface area contributed by atoms with Crippen molar-refractivity contribution >= 4 is 10.9 Å². The summed E-state index contributed by atoms with van der Waals surface area (Å²) in [5.74, 6) is 0.338. The molecule has 2 heterocycles. The predicted octanol–water partition coefficient (Wildman–Crippen LogP) is 6.60. The molecule has 5 rings (SSSR count). The molecule has 1 aliphatic heterocycles. The van der Waals surface area contributed by atoms with Crippen LogP contribution in [0.3, 0.4) is 0 Å². The molecule has 4 aromatic rings. The highest BCUT2D eigenvalue weighted by molar-refractivity contribution is 7.23. The van der Waals surface area contributed by atoms with Crippen molar-refractivity contribution in [2.45, 2.75) is 27.4 Å². The average molecular weight is 522 g/mol. The molecule has 0 saturated carbocycles. The fourth-order valence-corrected chi connectivity index (χ4v) is 5.33. The van der Waals surface area contributed by atoms with Gasteiger partial charge >= 0.3 is 0 Å². The molecule has 0 amide bonds. The van der Waals surface area contributed by atoms with Crippen LogP contribution in [0.15, 0.2) is 60.7 Å². The van der Waals surface area contributed by atoms with Crippen LogP contribution >= 0.6 is 10.9 Å². The average Bonchev–Trinajstić information content (AvgIpc) is 3.21. The van der Waals surface area contributed by atoms with Gasteiger partial charge in [0.05, 0.1) is 36.8 Å². The molecule has 0 bridgehead atoms. The minimum Gasteiger partial charge on any atom is -0.568 e. The van der Waals surface area contributed by atoms with Gasteiger partial charge in [0.1, 0.15) is 12.4 Å². The Morgan fingerprint density at radius 3 is 2.46 bits per heavy atom. The second-order valence-electron chi connectivity index (χ2n) is 9.82. The first-order valence-corrected chi connectivity index (χ1v) is 13.1. The topological polar surface area (TPSA) is 83.9 Å². The maximum Gasteiger partial charge on any atom is 0.270 e. The van der Waals surface area contributed by atoms with Crippen LogP contribution in [-0.2, 0) is 11.3 Å². The summed E-state index contributed by atoms with van der Waals surface area (Å²) in [6.07, 6.45) is 0. The molecule has 1 N–H and O–H groups in total. The highest BCUT2D eigenvalue weighted by Crippen LogP contribution is 2.37. The Hall–Kier alpha value is -3.46. The second-order valence-corrected chi connectivity index (χ2v) is 10.9. The zero-order valence-electron chi connectivity index (χ0n) is 20.9. The normalized spacial score (nSPS) is 14.8. The van der Waals surface area contributed by atoms with E-state index < -0.39 is 10.9 Å². The van der Waals surface area contributed by atoms with E-state index in [-0.39, 0.29) is 22.9 Å². The van der Waals surface area contributed by atoms with Crippen LogP contribution in [0.25, 0.3) is 21.6 Å². The quantitative estimate of drug-likeness (QED) is 0.263. The van der Waals surface area contributed by atoms with Crippen LogP contribution in [0, 0.1) is 25.1 Å². The first-order valence-electron chi connectivity index (χ1n) is 12.0. The third-order valence-electron chi connectivity index (χ3n) is 6.52. The van der Waals surface area contributed by atoms with Crippen molar-refractivity contribution in [3.8, 4) is 38.9 Å². The number of aromatic nitrogens is 1. The van der Waals surface area contributed by atoms with Gasteiger partial charge in [-0.2, -0.15) is 0 Å². The first kappa shape index (κ1) is 25.2. The summed E-state index contributed by atoms with van der Waals surface area (Å²) in [7, 11) is -1.59. The molecule has 1 atom stereocenters. The molecule has 8 heteroatoms. The zero-order valence-corrected chi connectivity index (χ0v) is 21.7. The number of aryl methyl sites for hydroxylation is 1. The van der Waals surface area contributed by atoms with Gasteiger partial charge in [-0.3, -0.25) is 0 Å². The van der Waals surface area contributed by atoms with Crippen LogP contribution in [0.5, 0.6) is 17.4 Å². The molecular formula is C29H28FNO5S. The molecule has 1 aromatic heterocycles. The number of nitrogens with zero attached hydrogens (tertiary/aromatic N) is 1. The van der Waals surface area contributed by atoms with Crippen LogP contribution in [0.2, 0.25) is 0 Å². The first-order chi connectivity index (χ1) is 17.7. The summed E-state index contributed by atoms with van der Waals surface area (Å²) in [4.78, 5) is 0.456. The van der Waals surface area contributed by atoms with E-state index in [2.05, 4.69) is 11.3 Å². The maximum atomic E-state index is 15.3. The van der Waals surface area contributed by atoms with Crippen molar-refractivity contribution < 1.29 is 28.3 Å². The highest BCUT2D eigenvalue weighted by Gasteiger charge is 2.34. The smallest absolute Gasteiger partial charge is 0.270 e. The van der Waals surface area contributed by atoms with E-state index in [1.807, 2.05) is 31.2 Å². The Morgan fingerprint density at radius 1 is 1.05 bits per heavy atom. The van der Waals surface area contributed by atoms with Gasteiger partial charge in [-0.15, -0.1) is 0 Å². The van der Waals surface area contributed by atoms with Crippen LogP contribution in [-0.4, -0.2) is 33.9 Å². The molecule has 6 nitrogen and oxygen atoms in total. The van der Waals surface area contributed by atoms with Crippen molar-refractivity contribution in [3.05, 3.63) is 83.2 Å². The number of benzene rings is 3. The minimum absolute atomic E-state index is 0.0639. The number of halogens is 1. The molecule has 1 saturated heterocycles. The van der Waals surface area contributed by atoms with Crippen molar-refractivity contribution in [3.63, 3.8) is 0 Å². The van der Waals surface area contributed by atoms with Gasteiger partial charge in [0.2, 0.25) is 4.88 Å². The van der Waals surface area contributed by atoms with E-state index in [0.29, 0.717) is 48.2 Å². The molecule has 1 fully saturated rings. The maximum absolute atomic E-state index is 15.3. The molecule has 0 spiro atoms. The summed E-state index contributed by atoms with van der Waals surface area (Å²) in [5, 5.41) is 9.45. The van der Waals surface area contributed by atoms with Crippen molar-refractivity contribution in [1.29, 1.82) is 0 Å². The Morgan fingerprint density at radius 2 is 1.81 bits per heavy atom. The molecule has 0 aliphatic carbocycles. The molecular weight excluding hydrogens is 493 g/mol. The second kappa shape index (κ2) is 10.1. The predicted molar refractivity (Wildman–Crippen MR) is 140 cm³/mol. The number of hydrogen-bond donors (Lipinski definition) is 1. The Kier molecular flexibility index (Phi) is 6.90. The lowest BCUT2D eigenvalue weighted by atomic mass is 9.90. The monoisotopic (exact) mass is 521 g/mol. The SMILES string of the molecule is Cc1cc(OCC2(C)COC2)c(F)c(C)c1-c1cccc(COc2ccc(-c3cc(O)n[s+]3[O-])cc2)c1. The molecule has 1 unspecified atom stereocenters. The van der Waals surface area contributed by atoms with Crippen molar-refractivity contribution in [2.24, 2.45) is 5.41 Å². The Balaban J connectivity index is 1.29. The van der Waals surface area contributed by atoms with Gasteiger partial charge in [-0.1, -0.05) is 25.1 Å². The van der Waals surface area contributed by atoms with Crippen molar-refractivity contribution in [1.82, 2.24) is 4.37 Å². The van der Waals surface area contributed by atoms with E-state index in [9.17, 15) is 9.66 Å². The van der Waals surface area contributed by atoms with E-state index >= 15 is 4.39 Å². The lowest BCUT2D eigenvalue weighted by Gasteiger charge is -2.37. The van der Waals surface area contributed by atoms with Crippen molar-refractivity contribution in [2.75, 3.05) is 19.8 Å². The van der Waals surface area contributed by atoms with Gasteiger partial charge < -0.3 is 23.9 Å². The summed E-state index contributed by atoms with van der Waals surface area (Å²) in [6, 6.07) is 18.2. The largest absolute Gasteiger partial charge is 0.568 e. The number of ether oxygens (including phenoxy) is 3. The fourth-order valence-electron chi connectivity index (χ4n) is 4.47. The van der Waals surface area contributed by atoms with Crippen LogP contribution in [0.4, 0.5) is 4.39 Å². The van der Waals surface area contributed by atoms with Gasteiger partial charge in [0, 0.05) is 15.4 Å². The highest BCUT2D eigenvalue weighted by atomic mass is 32.2. The zero-order chi connectivity index (χ0) is 26.2. The molecule has 192 valence electrons. The summed E-state index contributed by atoms with van der Waals surface area (Å²) in [5.41, 5.74) is 4.82. The summed E-state index contributed by atoms with van der Waals surface area (Å²) >= 11 is 0. The lowest BCUT2D eigenvalue weighted by Crippen LogP contribution is -2.44. The fraction of sp³-hybridized carbons (Fsp3) is 0.276. The number of aromatic hydroxyl groups is 1. The van der Waals surface area contributed by atoms with Gasteiger partial charge in [0.15, 0.2) is 11.6 Å². The lowest BCUT2D eigenvalue weighted by molar-refractivity contribution is -0.120. The van der Waals surface area contributed by atoms with E-state index in [0.717, 1.165) is 22.3 Å². The van der Waals surface area contributed by atoms with Crippen LogP contribution < -0.4 is 9.47 Å².